The van der Waals surface area contributed by atoms with Gasteiger partial charge in [-0.1, -0.05) is 17.7 Å². The average Bonchev–Trinajstić information content (AvgIpc) is 3.08. The number of imidazole rings is 1. The molecule has 6 nitrogen and oxygen atoms in total. The lowest BCUT2D eigenvalue weighted by Crippen LogP contribution is -2.41. The number of piperidine rings is 1. The molecule has 0 unspecified atom stereocenters. The van der Waals surface area contributed by atoms with E-state index in [2.05, 4.69) is 25.5 Å². The summed E-state index contributed by atoms with van der Waals surface area (Å²) >= 11 is 0. The predicted octanol–water partition coefficient (Wildman–Crippen LogP) is 2.75. The summed E-state index contributed by atoms with van der Waals surface area (Å²) in [7, 11) is 0. The molecule has 3 rings (SSSR count). The van der Waals surface area contributed by atoms with E-state index >= 15 is 0 Å². The summed E-state index contributed by atoms with van der Waals surface area (Å²) in [5.74, 6) is 1.48. The van der Waals surface area contributed by atoms with E-state index in [4.69, 9.17) is 0 Å². The number of nitrogens with zero attached hydrogens (tertiary/aromatic N) is 2. The van der Waals surface area contributed by atoms with Gasteiger partial charge in [-0.15, -0.1) is 0 Å². The molecule has 3 N–H and O–H groups in total. The molecular weight excluding hydrogens is 302 g/mol. The monoisotopic (exact) mass is 327 g/mol. The number of aryl methyl sites for hydroxylation is 1. The highest BCUT2D eigenvalue weighted by molar-refractivity contribution is 5.89. The first-order valence-corrected chi connectivity index (χ1v) is 8.51. The molecule has 2 heterocycles. The molecule has 1 saturated heterocycles. The van der Waals surface area contributed by atoms with E-state index in [1.165, 1.54) is 5.56 Å². The molecule has 1 aromatic heterocycles. The van der Waals surface area contributed by atoms with Crippen LogP contribution in [0.1, 0.15) is 24.2 Å². The molecule has 1 aliphatic rings. The average molecular weight is 327 g/mol. The van der Waals surface area contributed by atoms with Gasteiger partial charge in [-0.25, -0.2) is 9.78 Å². The Morgan fingerprint density at radius 3 is 2.96 bits per heavy atom. The van der Waals surface area contributed by atoms with Crippen LogP contribution in [0.5, 0.6) is 0 Å². The number of aromatic amines is 1. The largest absolute Gasteiger partial charge is 0.348 e. The molecule has 24 heavy (non-hydrogen) atoms. The Morgan fingerprint density at radius 1 is 1.38 bits per heavy atom. The quantitative estimate of drug-likeness (QED) is 0.790. The number of carbonyl (C=O) groups excluding carboxylic acids is 1. The van der Waals surface area contributed by atoms with Gasteiger partial charge in [0.1, 0.15) is 5.82 Å². The van der Waals surface area contributed by atoms with Gasteiger partial charge >= 0.3 is 6.03 Å². The number of H-pyrrole nitrogens is 1. The standard InChI is InChI=1S/C18H25N5O/c1-14-4-6-16(7-5-14)22-18(24)21-11-15-3-2-10-23(12-15)13-17-19-8-9-20-17/h4-9,15H,2-3,10-13H2,1H3,(H,19,20)(H2,21,22,24)/t15-/m1/s1. The summed E-state index contributed by atoms with van der Waals surface area (Å²) in [6.45, 7) is 5.66. The lowest BCUT2D eigenvalue weighted by molar-refractivity contribution is 0.163. The van der Waals surface area contributed by atoms with Crippen LogP contribution in [0.25, 0.3) is 0 Å². The van der Waals surface area contributed by atoms with Crippen molar-refractivity contribution in [2.45, 2.75) is 26.3 Å². The zero-order valence-corrected chi connectivity index (χ0v) is 14.1. The van der Waals surface area contributed by atoms with Crippen LogP contribution in [0, 0.1) is 12.8 Å². The molecule has 0 spiro atoms. The third kappa shape index (κ3) is 4.83. The number of benzene rings is 1. The molecule has 1 fully saturated rings. The Balaban J connectivity index is 1.42. The first-order chi connectivity index (χ1) is 11.7. The maximum Gasteiger partial charge on any atom is 0.319 e. The lowest BCUT2D eigenvalue weighted by Gasteiger charge is -2.32. The van der Waals surface area contributed by atoms with Crippen molar-refractivity contribution in [1.29, 1.82) is 0 Å². The highest BCUT2D eigenvalue weighted by Crippen LogP contribution is 2.17. The number of amides is 2. The van der Waals surface area contributed by atoms with E-state index < -0.39 is 0 Å². The Kier molecular flexibility index (Phi) is 5.48. The first kappa shape index (κ1) is 16.5. The number of nitrogens with one attached hydrogen (secondary N) is 3. The fraction of sp³-hybridized carbons (Fsp3) is 0.444. The zero-order chi connectivity index (χ0) is 16.8. The van der Waals surface area contributed by atoms with Gasteiger partial charge in [0.15, 0.2) is 0 Å². The van der Waals surface area contributed by atoms with Crippen LogP contribution >= 0.6 is 0 Å². The van der Waals surface area contributed by atoms with E-state index in [1.807, 2.05) is 37.4 Å². The van der Waals surface area contributed by atoms with Crippen molar-refractivity contribution < 1.29 is 4.79 Å². The summed E-state index contributed by atoms with van der Waals surface area (Å²) in [6.07, 6.45) is 5.95. The summed E-state index contributed by atoms with van der Waals surface area (Å²) < 4.78 is 0. The Labute approximate surface area is 142 Å². The molecule has 6 heteroatoms. The Hall–Kier alpha value is -2.34. The summed E-state index contributed by atoms with van der Waals surface area (Å²) in [5.41, 5.74) is 2.00. The number of likely N-dealkylation sites (tertiary alicyclic amines) is 1. The Morgan fingerprint density at radius 2 is 2.21 bits per heavy atom. The van der Waals surface area contributed by atoms with Gasteiger partial charge in [-0.05, 0) is 44.4 Å². The van der Waals surface area contributed by atoms with Gasteiger partial charge in [-0.3, -0.25) is 4.90 Å². The second kappa shape index (κ2) is 7.97. The van der Waals surface area contributed by atoms with Crippen LogP contribution in [0.3, 0.4) is 0 Å². The maximum atomic E-state index is 12.0. The number of hydrogen-bond donors (Lipinski definition) is 3. The van der Waals surface area contributed by atoms with Crippen LogP contribution < -0.4 is 10.6 Å². The van der Waals surface area contributed by atoms with E-state index in [0.717, 1.165) is 44.0 Å². The molecule has 2 aromatic rings. The molecule has 1 aromatic carbocycles. The smallest absolute Gasteiger partial charge is 0.319 e. The fourth-order valence-electron chi connectivity index (χ4n) is 3.11. The second-order valence-corrected chi connectivity index (χ2v) is 6.48. The second-order valence-electron chi connectivity index (χ2n) is 6.48. The first-order valence-electron chi connectivity index (χ1n) is 8.51. The number of aromatic nitrogens is 2. The van der Waals surface area contributed by atoms with Crippen molar-refractivity contribution in [3.05, 3.63) is 48.0 Å². The molecule has 0 saturated carbocycles. The van der Waals surface area contributed by atoms with Gasteiger partial charge in [0, 0.05) is 31.2 Å². The van der Waals surface area contributed by atoms with Crippen LogP contribution in [-0.4, -0.2) is 40.5 Å². The van der Waals surface area contributed by atoms with Crippen molar-refractivity contribution >= 4 is 11.7 Å². The van der Waals surface area contributed by atoms with Crippen molar-refractivity contribution in [2.24, 2.45) is 5.92 Å². The lowest BCUT2D eigenvalue weighted by atomic mass is 9.98. The minimum Gasteiger partial charge on any atom is -0.348 e. The third-order valence-corrected chi connectivity index (χ3v) is 4.39. The van der Waals surface area contributed by atoms with Gasteiger partial charge in [0.25, 0.3) is 0 Å². The molecule has 1 aliphatic heterocycles. The van der Waals surface area contributed by atoms with E-state index in [1.54, 1.807) is 6.20 Å². The molecular formula is C18H25N5O. The minimum absolute atomic E-state index is 0.137. The molecule has 1 atom stereocenters. The number of urea groups is 1. The molecule has 2 amide bonds. The van der Waals surface area contributed by atoms with Gasteiger partial charge in [-0.2, -0.15) is 0 Å². The van der Waals surface area contributed by atoms with E-state index in [9.17, 15) is 4.79 Å². The number of hydrogen-bond acceptors (Lipinski definition) is 3. The van der Waals surface area contributed by atoms with Gasteiger partial charge in [0.2, 0.25) is 0 Å². The van der Waals surface area contributed by atoms with Crippen LogP contribution in [0.4, 0.5) is 10.5 Å². The van der Waals surface area contributed by atoms with Crippen molar-refractivity contribution in [3.8, 4) is 0 Å². The van der Waals surface area contributed by atoms with Crippen LogP contribution in [-0.2, 0) is 6.54 Å². The number of carbonyl (C=O) groups is 1. The minimum atomic E-state index is -0.137. The van der Waals surface area contributed by atoms with Crippen molar-refractivity contribution in [1.82, 2.24) is 20.2 Å². The number of anilines is 1. The Bertz CT molecular complexity index is 638. The third-order valence-electron chi connectivity index (χ3n) is 4.39. The molecule has 128 valence electrons. The van der Waals surface area contributed by atoms with Gasteiger partial charge in [0.05, 0.1) is 6.54 Å². The molecule has 0 bridgehead atoms. The van der Waals surface area contributed by atoms with E-state index in [-0.39, 0.29) is 6.03 Å². The predicted molar refractivity (Wildman–Crippen MR) is 94.8 cm³/mol. The van der Waals surface area contributed by atoms with Crippen LogP contribution in [0.2, 0.25) is 0 Å². The molecule has 0 aliphatic carbocycles. The summed E-state index contributed by atoms with van der Waals surface area (Å²) in [4.78, 5) is 21.9. The van der Waals surface area contributed by atoms with Gasteiger partial charge < -0.3 is 15.6 Å². The number of rotatable bonds is 5. The maximum absolute atomic E-state index is 12.0. The van der Waals surface area contributed by atoms with E-state index in [0.29, 0.717) is 12.5 Å². The SMILES string of the molecule is Cc1ccc(NC(=O)NC[C@H]2CCCN(Cc3ncc[nH]3)C2)cc1. The highest BCUT2D eigenvalue weighted by atomic mass is 16.2. The van der Waals surface area contributed by atoms with Crippen molar-refractivity contribution in [2.75, 3.05) is 25.0 Å². The highest BCUT2D eigenvalue weighted by Gasteiger charge is 2.21. The summed E-state index contributed by atoms with van der Waals surface area (Å²) in [6, 6.07) is 7.68. The molecule has 0 radical (unpaired) electrons. The normalized spacial score (nSPS) is 18.3. The fourth-order valence-corrected chi connectivity index (χ4v) is 3.11. The zero-order valence-electron chi connectivity index (χ0n) is 14.1. The summed E-state index contributed by atoms with van der Waals surface area (Å²) in [5, 5.41) is 5.87. The van der Waals surface area contributed by atoms with Crippen LogP contribution in [0.15, 0.2) is 36.7 Å². The topological polar surface area (TPSA) is 73.1 Å². The van der Waals surface area contributed by atoms with Crippen molar-refractivity contribution in [3.63, 3.8) is 0 Å².